The summed E-state index contributed by atoms with van der Waals surface area (Å²) in [4.78, 5) is 28.6. The van der Waals surface area contributed by atoms with Gasteiger partial charge in [0.2, 0.25) is 0 Å². The highest BCUT2D eigenvalue weighted by Gasteiger charge is 2.19. The highest BCUT2D eigenvalue weighted by molar-refractivity contribution is 6.13. The van der Waals surface area contributed by atoms with E-state index in [-0.39, 0.29) is 17.3 Å². The summed E-state index contributed by atoms with van der Waals surface area (Å²) < 4.78 is 7.11. The predicted octanol–water partition coefficient (Wildman–Crippen LogP) is 4.60. The lowest BCUT2D eigenvalue weighted by atomic mass is 10.0. The maximum Gasteiger partial charge on any atom is 0.273 e. The van der Waals surface area contributed by atoms with E-state index >= 15 is 0 Å². The minimum atomic E-state index is -0.518. The minimum Gasteiger partial charge on any atom is -0.494 e. The van der Waals surface area contributed by atoms with Gasteiger partial charge in [0.25, 0.3) is 11.6 Å². The number of aromatic nitrogens is 3. The van der Waals surface area contributed by atoms with Crippen LogP contribution in [0.2, 0.25) is 0 Å². The largest absolute Gasteiger partial charge is 0.494 e. The minimum absolute atomic E-state index is 0.125. The van der Waals surface area contributed by atoms with Crippen LogP contribution in [0.15, 0.2) is 54.7 Å². The fourth-order valence-corrected chi connectivity index (χ4v) is 3.60. The van der Waals surface area contributed by atoms with Crippen molar-refractivity contribution in [1.82, 2.24) is 14.8 Å². The number of anilines is 1. The van der Waals surface area contributed by atoms with E-state index in [1.54, 1.807) is 12.3 Å². The fourth-order valence-electron chi connectivity index (χ4n) is 3.60. The number of nitro benzene ring substituents is 1. The summed E-state index contributed by atoms with van der Waals surface area (Å²) in [6, 6.07) is 13.2. The summed E-state index contributed by atoms with van der Waals surface area (Å²) >= 11 is 0. The van der Waals surface area contributed by atoms with Gasteiger partial charge in [-0.1, -0.05) is 18.2 Å². The lowest BCUT2D eigenvalue weighted by Gasteiger charge is -2.13. The van der Waals surface area contributed by atoms with Crippen molar-refractivity contribution in [3.63, 3.8) is 0 Å². The molecule has 0 bridgehead atoms. The number of ether oxygens (including phenoxy) is 1. The van der Waals surface area contributed by atoms with Crippen LogP contribution in [-0.2, 0) is 6.54 Å². The third-order valence-electron chi connectivity index (χ3n) is 5.28. The topological polar surface area (TPSA) is 112 Å². The molecule has 9 heteroatoms. The molecule has 0 aliphatic carbocycles. The average Bonchev–Trinajstić information content (AvgIpc) is 3.18. The lowest BCUT2D eigenvalue weighted by Crippen LogP contribution is -2.14. The van der Waals surface area contributed by atoms with E-state index in [0.717, 1.165) is 17.8 Å². The van der Waals surface area contributed by atoms with Gasteiger partial charge in [-0.15, -0.1) is 0 Å². The van der Waals surface area contributed by atoms with Crippen LogP contribution in [-0.4, -0.2) is 32.7 Å². The summed E-state index contributed by atoms with van der Waals surface area (Å²) in [7, 11) is 1.39. The Bertz CT molecular complexity index is 1350. The van der Waals surface area contributed by atoms with Gasteiger partial charge in [-0.25, -0.2) is 4.98 Å². The Hall–Kier alpha value is -4.27. The van der Waals surface area contributed by atoms with Crippen molar-refractivity contribution in [1.29, 1.82) is 0 Å². The van der Waals surface area contributed by atoms with Gasteiger partial charge in [-0.05, 0) is 32.0 Å². The Kier molecular flexibility index (Phi) is 5.55. The maximum atomic E-state index is 13.3. The maximum absolute atomic E-state index is 13.3. The highest BCUT2D eigenvalue weighted by Crippen LogP contribution is 2.31. The van der Waals surface area contributed by atoms with Crippen LogP contribution in [0.25, 0.3) is 22.2 Å². The number of para-hydroxylation sites is 1. The number of amides is 1. The number of nitro groups is 1. The van der Waals surface area contributed by atoms with Gasteiger partial charge in [0.15, 0.2) is 0 Å². The number of hydrogen-bond donors (Lipinski definition) is 1. The van der Waals surface area contributed by atoms with Gasteiger partial charge in [0.1, 0.15) is 5.75 Å². The molecule has 0 aliphatic heterocycles. The van der Waals surface area contributed by atoms with E-state index in [1.165, 1.54) is 25.3 Å². The monoisotopic (exact) mass is 431 g/mol. The molecule has 2 heterocycles. The summed E-state index contributed by atoms with van der Waals surface area (Å²) in [6.07, 6.45) is 1.75. The molecule has 2 aromatic heterocycles. The molecule has 0 spiro atoms. The molecule has 1 amide bonds. The predicted molar refractivity (Wildman–Crippen MR) is 121 cm³/mol. The molecule has 162 valence electrons. The second-order valence-electron chi connectivity index (χ2n) is 7.13. The van der Waals surface area contributed by atoms with Gasteiger partial charge in [-0.2, -0.15) is 5.10 Å². The molecule has 2 aromatic carbocycles. The Balaban J connectivity index is 1.79. The first kappa shape index (κ1) is 21.0. The van der Waals surface area contributed by atoms with Gasteiger partial charge >= 0.3 is 0 Å². The van der Waals surface area contributed by atoms with E-state index in [9.17, 15) is 14.9 Å². The van der Waals surface area contributed by atoms with Crippen LogP contribution in [0, 0.1) is 17.0 Å². The number of methoxy groups -OCH3 is 1. The standard InChI is InChI=1S/C23H21N5O4/c1-4-27-14(2)18(13-24-27)21-12-17(16-7-5-6-8-19(16)25-21)23(29)26-20-10-9-15(28(30)31)11-22(20)32-3/h5-13H,4H2,1-3H3,(H,26,29). The number of non-ortho nitro benzene ring substituents is 1. The van der Waals surface area contributed by atoms with Crippen molar-refractivity contribution in [2.75, 3.05) is 12.4 Å². The number of nitrogens with zero attached hydrogens (tertiary/aromatic N) is 4. The van der Waals surface area contributed by atoms with Gasteiger partial charge in [0.05, 0.1) is 46.8 Å². The number of carbonyl (C=O) groups is 1. The Morgan fingerprint density at radius 1 is 1.22 bits per heavy atom. The van der Waals surface area contributed by atoms with Gasteiger partial charge in [0, 0.05) is 29.3 Å². The number of rotatable bonds is 6. The second-order valence-corrected chi connectivity index (χ2v) is 7.13. The molecule has 0 aliphatic rings. The summed E-state index contributed by atoms with van der Waals surface area (Å²) in [5.74, 6) is -0.177. The molecular weight excluding hydrogens is 410 g/mol. The van der Waals surface area contributed by atoms with E-state index in [4.69, 9.17) is 9.72 Å². The zero-order chi connectivity index (χ0) is 22.8. The Morgan fingerprint density at radius 2 is 2.00 bits per heavy atom. The molecule has 0 atom stereocenters. The summed E-state index contributed by atoms with van der Waals surface area (Å²) in [5, 5.41) is 18.9. The first-order valence-corrected chi connectivity index (χ1v) is 9.99. The first-order valence-electron chi connectivity index (χ1n) is 9.99. The molecule has 0 saturated carbocycles. The van der Waals surface area contributed by atoms with Crippen molar-refractivity contribution < 1.29 is 14.5 Å². The molecule has 0 radical (unpaired) electrons. The van der Waals surface area contributed by atoms with E-state index in [0.29, 0.717) is 27.8 Å². The van der Waals surface area contributed by atoms with Crippen LogP contribution >= 0.6 is 0 Å². The molecule has 1 N–H and O–H groups in total. The third kappa shape index (κ3) is 3.76. The summed E-state index contributed by atoms with van der Waals surface area (Å²) in [5.41, 5.74) is 3.75. The number of hydrogen-bond acceptors (Lipinski definition) is 6. The van der Waals surface area contributed by atoms with Crippen molar-refractivity contribution in [2.45, 2.75) is 20.4 Å². The van der Waals surface area contributed by atoms with Crippen LogP contribution in [0.4, 0.5) is 11.4 Å². The molecule has 32 heavy (non-hydrogen) atoms. The SMILES string of the molecule is CCn1ncc(-c2cc(C(=O)Nc3ccc([N+](=O)[O-])cc3OC)c3ccccc3n2)c1C. The Morgan fingerprint density at radius 3 is 2.69 bits per heavy atom. The molecule has 4 aromatic rings. The van der Waals surface area contributed by atoms with Crippen molar-refractivity contribution in [3.05, 3.63) is 76.1 Å². The zero-order valence-electron chi connectivity index (χ0n) is 17.8. The number of aryl methyl sites for hydroxylation is 1. The van der Waals surface area contributed by atoms with E-state index in [1.807, 2.05) is 42.8 Å². The van der Waals surface area contributed by atoms with Crippen molar-refractivity contribution in [3.8, 4) is 17.0 Å². The van der Waals surface area contributed by atoms with Crippen LogP contribution in [0.1, 0.15) is 23.0 Å². The molecule has 0 saturated heterocycles. The summed E-state index contributed by atoms with van der Waals surface area (Å²) in [6.45, 7) is 4.70. The zero-order valence-corrected chi connectivity index (χ0v) is 17.8. The number of nitrogens with one attached hydrogen (secondary N) is 1. The first-order chi connectivity index (χ1) is 15.4. The number of benzene rings is 2. The van der Waals surface area contributed by atoms with Gasteiger partial charge in [-0.3, -0.25) is 19.6 Å². The van der Waals surface area contributed by atoms with Gasteiger partial charge < -0.3 is 10.1 Å². The molecule has 4 rings (SSSR count). The van der Waals surface area contributed by atoms with E-state index in [2.05, 4.69) is 10.4 Å². The second kappa shape index (κ2) is 8.46. The van der Waals surface area contributed by atoms with Crippen molar-refractivity contribution in [2.24, 2.45) is 0 Å². The van der Waals surface area contributed by atoms with E-state index < -0.39 is 4.92 Å². The normalized spacial score (nSPS) is 10.8. The molecule has 0 unspecified atom stereocenters. The number of pyridine rings is 1. The fraction of sp³-hybridized carbons (Fsp3) is 0.174. The quantitative estimate of drug-likeness (QED) is 0.353. The van der Waals surface area contributed by atoms with Crippen LogP contribution in [0.3, 0.4) is 0 Å². The van der Waals surface area contributed by atoms with Crippen LogP contribution in [0.5, 0.6) is 5.75 Å². The lowest BCUT2D eigenvalue weighted by molar-refractivity contribution is -0.384. The smallest absolute Gasteiger partial charge is 0.273 e. The highest BCUT2D eigenvalue weighted by atomic mass is 16.6. The molecular formula is C23H21N5O4. The Labute approximate surface area is 183 Å². The average molecular weight is 431 g/mol. The number of carbonyl (C=O) groups excluding carboxylic acids is 1. The molecule has 0 fully saturated rings. The third-order valence-corrected chi connectivity index (χ3v) is 5.28. The van der Waals surface area contributed by atoms with Crippen molar-refractivity contribution >= 4 is 28.2 Å². The number of fused-ring (bicyclic) bond motifs is 1. The molecule has 9 nitrogen and oxygen atoms in total. The van der Waals surface area contributed by atoms with Crippen LogP contribution < -0.4 is 10.1 Å².